The van der Waals surface area contributed by atoms with Crippen LogP contribution in [0.1, 0.15) is 12.5 Å². The van der Waals surface area contributed by atoms with E-state index in [1.807, 2.05) is 6.92 Å². The van der Waals surface area contributed by atoms with Crippen molar-refractivity contribution in [1.82, 2.24) is 10.2 Å². The molecule has 0 aromatic heterocycles. The summed E-state index contributed by atoms with van der Waals surface area (Å²) in [5, 5.41) is 2.95. The molecule has 1 aromatic carbocycles. The number of hydrogen-bond acceptors (Lipinski definition) is 6. The second kappa shape index (κ2) is 8.30. The number of methoxy groups -OCH3 is 2. The third-order valence-corrected chi connectivity index (χ3v) is 4.37. The summed E-state index contributed by atoms with van der Waals surface area (Å²) < 4.78 is 16.1. The zero-order valence-electron chi connectivity index (χ0n) is 13.9. The number of hydrogen-bond donors (Lipinski definition) is 1. The molecule has 1 aliphatic rings. The monoisotopic (exact) mass is 428 g/mol. The first kappa shape index (κ1) is 19.2. The Bertz CT molecular complexity index is 750. The van der Waals surface area contributed by atoms with Crippen molar-refractivity contribution < 1.29 is 23.8 Å². The first-order chi connectivity index (χ1) is 11.9. The van der Waals surface area contributed by atoms with Crippen molar-refractivity contribution in [2.24, 2.45) is 0 Å². The lowest BCUT2D eigenvalue weighted by Gasteiger charge is -2.12. The number of carbonyl (C=O) groups excluding carboxylic acids is 2. The molecule has 1 heterocycles. The maximum Gasteiger partial charge on any atom is 0.325 e. The van der Waals surface area contributed by atoms with Crippen LogP contribution in [-0.4, -0.2) is 49.3 Å². The molecule has 9 heteroatoms. The molecular weight excluding hydrogens is 412 g/mol. The Kier molecular flexibility index (Phi) is 6.38. The lowest BCUT2D eigenvalue weighted by molar-refractivity contribution is -0.143. The molecule has 0 unspecified atom stereocenters. The molecule has 134 valence electrons. The van der Waals surface area contributed by atoms with Crippen molar-refractivity contribution in [3.05, 3.63) is 27.9 Å². The number of halogens is 1. The fourth-order valence-electron chi connectivity index (χ4n) is 2.15. The van der Waals surface area contributed by atoms with Crippen LogP contribution in [0.3, 0.4) is 0 Å². The Morgan fingerprint density at radius 3 is 2.68 bits per heavy atom. The lowest BCUT2D eigenvalue weighted by Crippen LogP contribution is -2.35. The number of rotatable bonds is 6. The minimum Gasteiger partial charge on any atom is -0.493 e. The van der Waals surface area contributed by atoms with Crippen LogP contribution < -0.4 is 14.8 Å². The number of benzene rings is 1. The fraction of sp³-hybridized carbons (Fsp3) is 0.312. The molecule has 1 amide bonds. The second-order valence-corrected chi connectivity index (χ2v) is 6.15. The van der Waals surface area contributed by atoms with Crippen molar-refractivity contribution >= 4 is 51.2 Å². The molecule has 7 nitrogen and oxygen atoms in total. The molecule has 2 rings (SSSR count). The van der Waals surface area contributed by atoms with Crippen LogP contribution in [0.5, 0.6) is 11.5 Å². The van der Waals surface area contributed by atoms with Gasteiger partial charge in [0.25, 0.3) is 5.91 Å². The highest BCUT2D eigenvalue weighted by atomic mass is 79.9. The zero-order valence-corrected chi connectivity index (χ0v) is 16.3. The Balaban J connectivity index is 2.33. The molecule has 1 saturated heterocycles. The van der Waals surface area contributed by atoms with Gasteiger partial charge < -0.3 is 19.5 Å². The lowest BCUT2D eigenvalue weighted by atomic mass is 10.1. The van der Waals surface area contributed by atoms with E-state index in [0.29, 0.717) is 23.7 Å². The molecule has 1 aromatic rings. The minimum atomic E-state index is -0.553. The summed E-state index contributed by atoms with van der Waals surface area (Å²) in [5.74, 6) is 0.168. The molecule has 25 heavy (non-hydrogen) atoms. The second-order valence-electron chi connectivity index (χ2n) is 4.91. The highest BCUT2D eigenvalue weighted by Gasteiger charge is 2.32. The van der Waals surface area contributed by atoms with Gasteiger partial charge in [0.05, 0.1) is 20.8 Å². The third-order valence-electron chi connectivity index (χ3n) is 3.36. The molecule has 0 saturated carbocycles. The van der Waals surface area contributed by atoms with E-state index < -0.39 is 11.9 Å². The van der Waals surface area contributed by atoms with Crippen molar-refractivity contribution in [3.63, 3.8) is 0 Å². The first-order valence-electron chi connectivity index (χ1n) is 7.33. The van der Waals surface area contributed by atoms with Gasteiger partial charge in [0.1, 0.15) is 12.2 Å². The number of nitrogens with one attached hydrogen (secondary N) is 1. The van der Waals surface area contributed by atoms with Gasteiger partial charge in [-0.2, -0.15) is 0 Å². The number of amides is 1. The topological polar surface area (TPSA) is 77.1 Å². The highest BCUT2D eigenvalue weighted by molar-refractivity contribution is 9.10. The Morgan fingerprint density at radius 1 is 1.36 bits per heavy atom. The number of nitrogens with zero attached hydrogens (tertiary/aromatic N) is 1. The van der Waals surface area contributed by atoms with Gasteiger partial charge in [-0.15, -0.1) is 0 Å². The SMILES string of the molecule is CCOc1cc(Br)c(/C=C2\NC(=S)N(CC(=O)OC)C2=O)cc1OC. The van der Waals surface area contributed by atoms with Crippen LogP contribution in [0.4, 0.5) is 0 Å². The number of carbonyl (C=O) groups is 2. The molecule has 1 fully saturated rings. The number of ether oxygens (including phenoxy) is 3. The fourth-order valence-corrected chi connectivity index (χ4v) is 2.85. The third kappa shape index (κ3) is 4.29. The largest absolute Gasteiger partial charge is 0.493 e. The summed E-state index contributed by atoms with van der Waals surface area (Å²) in [6.45, 7) is 2.13. The smallest absolute Gasteiger partial charge is 0.325 e. The highest BCUT2D eigenvalue weighted by Crippen LogP contribution is 2.34. The van der Waals surface area contributed by atoms with Crippen molar-refractivity contribution in [3.8, 4) is 11.5 Å². The van der Waals surface area contributed by atoms with Crippen molar-refractivity contribution in [1.29, 1.82) is 0 Å². The van der Waals surface area contributed by atoms with Gasteiger partial charge in [0.2, 0.25) is 0 Å². The van der Waals surface area contributed by atoms with E-state index in [-0.39, 0.29) is 17.4 Å². The summed E-state index contributed by atoms with van der Waals surface area (Å²) in [4.78, 5) is 25.0. The van der Waals surface area contributed by atoms with Crippen LogP contribution >= 0.6 is 28.1 Å². The first-order valence-corrected chi connectivity index (χ1v) is 8.53. The van der Waals surface area contributed by atoms with Crippen LogP contribution in [-0.2, 0) is 14.3 Å². The van der Waals surface area contributed by atoms with Crippen LogP contribution in [0.2, 0.25) is 0 Å². The average molecular weight is 429 g/mol. The maximum atomic E-state index is 12.4. The summed E-state index contributed by atoms with van der Waals surface area (Å²) in [7, 11) is 2.79. The maximum absolute atomic E-state index is 12.4. The standard InChI is InChI=1S/C16H17BrN2O5S/c1-4-24-13-7-10(17)9(6-12(13)22-2)5-11-15(21)19(16(25)18-11)8-14(20)23-3/h5-7H,4,8H2,1-3H3,(H,18,25)/b11-5-. The van der Waals surface area contributed by atoms with Gasteiger partial charge >= 0.3 is 5.97 Å². The van der Waals surface area contributed by atoms with Crippen LogP contribution in [0.25, 0.3) is 6.08 Å². The van der Waals surface area contributed by atoms with Crippen LogP contribution in [0.15, 0.2) is 22.3 Å². The van der Waals surface area contributed by atoms with E-state index in [0.717, 1.165) is 9.37 Å². The van der Waals surface area contributed by atoms with E-state index >= 15 is 0 Å². The van der Waals surface area contributed by atoms with Crippen molar-refractivity contribution in [2.45, 2.75) is 6.92 Å². The summed E-state index contributed by atoms with van der Waals surface area (Å²) in [6.07, 6.45) is 1.62. The molecule has 0 spiro atoms. The minimum absolute atomic E-state index is 0.149. The number of esters is 1. The van der Waals surface area contributed by atoms with E-state index in [4.69, 9.17) is 21.7 Å². The normalized spacial score (nSPS) is 15.4. The average Bonchev–Trinajstić information content (AvgIpc) is 2.84. The van der Waals surface area contributed by atoms with Gasteiger partial charge in [0.15, 0.2) is 16.6 Å². The van der Waals surface area contributed by atoms with E-state index in [2.05, 4.69) is 26.0 Å². The zero-order chi connectivity index (χ0) is 18.6. The van der Waals surface area contributed by atoms with Gasteiger partial charge in [-0.05, 0) is 42.9 Å². The van der Waals surface area contributed by atoms with Crippen LogP contribution in [0, 0.1) is 0 Å². The molecule has 0 bridgehead atoms. The summed E-state index contributed by atoms with van der Waals surface area (Å²) in [5.41, 5.74) is 0.944. The van der Waals surface area contributed by atoms with Crippen molar-refractivity contribution in [2.75, 3.05) is 27.4 Å². The van der Waals surface area contributed by atoms with E-state index in [1.165, 1.54) is 14.2 Å². The number of thiocarbonyl (C=S) groups is 1. The molecule has 0 radical (unpaired) electrons. The predicted octanol–water partition coefficient (Wildman–Crippen LogP) is 2.09. The Hall–Kier alpha value is -2.13. The Labute approximate surface area is 159 Å². The van der Waals surface area contributed by atoms with Gasteiger partial charge in [-0.1, -0.05) is 15.9 Å². The Morgan fingerprint density at radius 2 is 2.08 bits per heavy atom. The quantitative estimate of drug-likeness (QED) is 0.422. The molecule has 1 aliphatic heterocycles. The predicted molar refractivity (Wildman–Crippen MR) is 99.3 cm³/mol. The van der Waals surface area contributed by atoms with Gasteiger partial charge in [-0.25, -0.2) is 0 Å². The summed E-state index contributed by atoms with van der Waals surface area (Å²) in [6, 6.07) is 3.50. The molecule has 0 aliphatic carbocycles. The molecular formula is C16H17BrN2O5S. The summed E-state index contributed by atoms with van der Waals surface area (Å²) >= 11 is 8.55. The molecule has 0 atom stereocenters. The van der Waals surface area contributed by atoms with E-state index in [1.54, 1.807) is 18.2 Å². The van der Waals surface area contributed by atoms with Gasteiger partial charge in [-0.3, -0.25) is 14.5 Å². The van der Waals surface area contributed by atoms with E-state index in [9.17, 15) is 9.59 Å². The molecule has 1 N–H and O–H groups in total. The van der Waals surface area contributed by atoms with Gasteiger partial charge in [0, 0.05) is 4.47 Å².